The molecule has 0 aliphatic heterocycles. The lowest BCUT2D eigenvalue weighted by molar-refractivity contribution is -0.388. The number of carbonyl (C=O) groups is 1. The third kappa shape index (κ3) is 7.03. The van der Waals surface area contributed by atoms with Crippen molar-refractivity contribution in [2.75, 3.05) is 14.1 Å². The van der Waals surface area contributed by atoms with Gasteiger partial charge in [-0.3, -0.25) is 14.9 Å². The standard InChI is InChI=1S/C19H26F3N3O4/c1-6-7-8-9-16(26)29-18(2,3)17(24(4)5)23-13-10-11-15(25(27)28)14(12-13)19(20,21)22/h10-12H,6-9H2,1-5H3. The van der Waals surface area contributed by atoms with Gasteiger partial charge in [-0.2, -0.15) is 13.2 Å². The number of aliphatic imine (C=N–C) groups is 1. The Morgan fingerprint density at radius 2 is 1.86 bits per heavy atom. The van der Waals surface area contributed by atoms with Gasteiger partial charge in [0.2, 0.25) is 0 Å². The molecule has 0 fully saturated rings. The quantitative estimate of drug-likeness (QED) is 0.147. The number of unbranched alkanes of at least 4 members (excludes halogenated alkanes) is 2. The molecule has 0 aliphatic carbocycles. The molecule has 0 atom stereocenters. The summed E-state index contributed by atoms with van der Waals surface area (Å²) in [4.78, 5) is 27.6. The van der Waals surface area contributed by atoms with E-state index in [1.807, 2.05) is 6.92 Å². The number of likely N-dealkylation sites (N-methyl/N-ethyl adjacent to an activating group) is 1. The predicted octanol–water partition coefficient (Wildman–Crippen LogP) is 5.11. The highest BCUT2D eigenvalue weighted by Gasteiger charge is 2.39. The summed E-state index contributed by atoms with van der Waals surface area (Å²) in [6.45, 7) is 5.17. The first-order chi connectivity index (χ1) is 13.3. The molecule has 10 heteroatoms. The van der Waals surface area contributed by atoms with E-state index < -0.39 is 33.9 Å². The van der Waals surface area contributed by atoms with Gasteiger partial charge in [0.1, 0.15) is 11.4 Å². The number of benzene rings is 1. The smallest absolute Gasteiger partial charge is 0.423 e. The molecule has 7 nitrogen and oxygen atoms in total. The van der Waals surface area contributed by atoms with Crippen molar-refractivity contribution < 1.29 is 27.6 Å². The first-order valence-corrected chi connectivity index (χ1v) is 9.13. The zero-order valence-corrected chi connectivity index (χ0v) is 17.2. The first-order valence-electron chi connectivity index (χ1n) is 9.13. The first kappa shape index (κ1) is 24.4. The number of nitrogens with zero attached hydrogens (tertiary/aromatic N) is 3. The number of carbonyl (C=O) groups excluding carboxylic acids is 1. The van der Waals surface area contributed by atoms with E-state index in [0.29, 0.717) is 12.5 Å². The Hall–Kier alpha value is -2.65. The van der Waals surface area contributed by atoms with Crippen LogP contribution in [0.4, 0.5) is 24.5 Å². The lowest BCUT2D eigenvalue weighted by Crippen LogP contribution is -2.45. The van der Waals surface area contributed by atoms with Gasteiger partial charge >= 0.3 is 12.1 Å². The molecule has 0 aliphatic rings. The van der Waals surface area contributed by atoms with Crippen LogP contribution in [0.3, 0.4) is 0 Å². The topological polar surface area (TPSA) is 85.0 Å². The second kappa shape index (κ2) is 9.71. The Labute approximate surface area is 167 Å². The number of hydrogen-bond acceptors (Lipinski definition) is 5. The van der Waals surface area contributed by atoms with Gasteiger partial charge in [-0.05, 0) is 32.4 Å². The van der Waals surface area contributed by atoms with E-state index in [4.69, 9.17) is 4.74 Å². The maximum Gasteiger partial charge on any atom is 0.423 e. The van der Waals surface area contributed by atoms with Crippen molar-refractivity contribution >= 4 is 23.2 Å². The Morgan fingerprint density at radius 3 is 2.34 bits per heavy atom. The van der Waals surface area contributed by atoms with Crippen molar-refractivity contribution in [3.63, 3.8) is 0 Å². The fourth-order valence-electron chi connectivity index (χ4n) is 2.78. The lowest BCUT2D eigenvalue weighted by Gasteiger charge is -2.31. The van der Waals surface area contributed by atoms with Crippen LogP contribution in [0.15, 0.2) is 23.2 Å². The van der Waals surface area contributed by atoms with Crippen molar-refractivity contribution in [2.24, 2.45) is 4.99 Å². The molecule has 1 aromatic rings. The number of alkyl halides is 3. The Kier molecular flexibility index (Phi) is 8.16. The second-order valence-corrected chi connectivity index (χ2v) is 7.23. The van der Waals surface area contributed by atoms with Crippen LogP contribution >= 0.6 is 0 Å². The fourth-order valence-corrected chi connectivity index (χ4v) is 2.78. The highest BCUT2D eigenvalue weighted by molar-refractivity contribution is 5.93. The summed E-state index contributed by atoms with van der Waals surface area (Å²) < 4.78 is 45.1. The van der Waals surface area contributed by atoms with Crippen LogP contribution in [-0.4, -0.2) is 41.3 Å². The van der Waals surface area contributed by atoms with Gasteiger partial charge in [-0.15, -0.1) is 0 Å². The Bertz CT molecular complexity index is 774. The average Bonchev–Trinajstić information content (AvgIpc) is 2.57. The SMILES string of the molecule is CCCCCC(=O)OC(C)(C)C(=Nc1ccc([N+](=O)[O-])c(C(F)(F)F)c1)N(C)C. The number of esters is 1. The van der Waals surface area contributed by atoms with Gasteiger partial charge in [0.05, 0.1) is 10.6 Å². The van der Waals surface area contributed by atoms with Crippen LogP contribution in [0, 0.1) is 10.1 Å². The lowest BCUT2D eigenvalue weighted by atomic mass is 10.1. The zero-order valence-electron chi connectivity index (χ0n) is 17.2. The van der Waals surface area contributed by atoms with Gasteiger partial charge < -0.3 is 9.64 Å². The van der Waals surface area contributed by atoms with Crippen LogP contribution in [0.25, 0.3) is 0 Å². The summed E-state index contributed by atoms with van der Waals surface area (Å²) in [5.74, 6) is -0.235. The number of ether oxygens (including phenoxy) is 1. The molecule has 29 heavy (non-hydrogen) atoms. The van der Waals surface area contributed by atoms with E-state index in [0.717, 1.165) is 25.0 Å². The molecule has 0 unspecified atom stereocenters. The summed E-state index contributed by atoms with van der Waals surface area (Å²) in [7, 11) is 3.23. The monoisotopic (exact) mass is 417 g/mol. The molecule has 0 saturated carbocycles. The molecule has 0 N–H and O–H groups in total. The molecule has 0 radical (unpaired) electrons. The van der Waals surface area contributed by atoms with Crippen LogP contribution in [0.2, 0.25) is 0 Å². The number of halogens is 3. The minimum Gasteiger partial charge on any atom is -0.451 e. The van der Waals surface area contributed by atoms with Gasteiger partial charge in [-0.25, -0.2) is 4.99 Å². The molecule has 0 heterocycles. The average molecular weight is 417 g/mol. The number of nitro benzene ring substituents is 1. The van der Waals surface area contributed by atoms with Crippen LogP contribution < -0.4 is 0 Å². The maximum atomic E-state index is 13.2. The van der Waals surface area contributed by atoms with E-state index in [9.17, 15) is 28.1 Å². The molecule has 1 aromatic carbocycles. The van der Waals surface area contributed by atoms with Crippen molar-refractivity contribution in [3.8, 4) is 0 Å². The van der Waals surface area contributed by atoms with Gasteiger partial charge in [0.15, 0.2) is 5.60 Å². The third-order valence-corrected chi connectivity index (χ3v) is 4.03. The van der Waals surface area contributed by atoms with Gasteiger partial charge in [0, 0.05) is 26.6 Å². The predicted molar refractivity (Wildman–Crippen MR) is 103 cm³/mol. The number of amidine groups is 1. The number of nitro groups is 1. The zero-order chi connectivity index (χ0) is 22.4. The highest BCUT2D eigenvalue weighted by atomic mass is 19.4. The van der Waals surface area contributed by atoms with E-state index in [1.54, 1.807) is 27.9 Å². The molecule has 0 bridgehead atoms. The minimum absolute atomic E-state index is 0.137. The maximum absolute atomic E-state index is 13.2. The van der Waals surface area contributed by atoms with E-state index in [2.05, 4.69) is 4.99 Å². The molecule has 0 amide bonds. The van der Waals surface area contributed by atoms with Crippen molar-refractivity contribution in [3.05, 3.63) is 33.9 Å². The summed E-state index contributed by atoms with van der Waals surface area (Å²) in [5, 5.41) is 10.9. The summed E-state index contributed by atoms with van der Waals surface area (Å²) in [6.07, 6.45) is -2.17. The molecular formula is C19H26F3N3O4. The van der Waals surface area contributed by atoms with E-state index in [-0.39, 0.29) is 17.9 Å². The minimum atomic E-state index is -4.91. The molecule has 0 aromatic heterocycles. The number of hydrogen-bond donors (Lipinski definition) is 0. The van der Waals surface area contributed by atoms with Crippen LogP contribution in [-0.2, 0) is 15.7 Å². The molecule has 0 spiro atoms. The highest BCUT2D eigenvalue weighted by Crippen LogP contribution is 2.38. The van der Waals surface area contributed by atoms with Crippen LogP contribution in [0.1, 0.15) is 52.0 Å². The van der Waals surface area contributed by atoms with Crippen LogP contribution in [0.5, 0.6) is 0 Å². The summed E-state index contributed by atoms with van der Waals surface area (Å²) >= 11 is 0. The van der Waals surface area contributed by atoms with Crippen molar-refractivity contribution in [1.82, 2.24) is 4.90 Å². The normalized spacial score (nSPS) is 12.6. The summed E-state index contributed by atoms with van der Waals surface area (Å²) in [6, 6.07) is 2.50. The molecule has 0 saturated heterocycles. The largest absolute Gasteiger partial charge is 0.451 e. The van der Waals surface area contributed by atoms with Crippen molar-refractivity contribution in [2.45, 2.75) is 58.2 Å². The molecule has 162 valence electrons. The summed E-state index contributed by atoms with van der Waals surface area (Å²) in [5.41, 5.74) is -3.80. The van der Waals surface area contributed by atoms with Gasteiger partial charge in [-0.1, -0.05) is 19.8 Å². The Balaban J connectivity index is 3.28. The van der Waals surface area contributed by atoms with E-state index in [1.165, 1.54) is 4.90 Å². The van der Waals surface area contributed by atoms with E-state index >= 15 is 0 Å². The third-order valence-electron chi connectivity index (χ3n) is 4.03. The van der Waals surface area contributed by atoms with Gasteiger partial charge in [0.25, 0.3) is 5.69 Å². The Morgan fingerprint density at radius 1 is 1.24 bits per heavy atom. The fraction of sp³-hybridized carbons (Fsp3) is 0.579. The van der Waals surface area contributed by atoms with Crippen molar-refractivity contribution in [1.29, 1.82) is 0 Å². The molecular weight excluding hydrogens is 391 g/mol. The molecule has 1 rings (SSSR count). The number of rotatable bonds is 8. The second-order valence-electron chi connectivity index (χ2n) is 7.23.